The fourth-order valence-electron chi connectivity index (χ4n) is 2.20. The summed E-state index contributed by atoms with van der Waals surface area (Å²) in [7, 11) is 1.81. The molecule has 0 spiro atoms. The number of nitrogens with zero attached hydrogens (tertiary/aromatic N) is 2. The van der Waals surface area contributed by atoms with Gasteiger partial charge in [-0.15, -0.1) is 0 Å². The number of carbonyl (C=O) groups is 1. The third kappa shape index (κ3) is 2.42. The molecule has 0 radical (unpaired) electrons. The van der Waals surface area contributed by atoms with E-state index in [-0.39, 0.29) is 11.9 Å². The average Bonchev–Trinajstić information content (AvgIpc) is 2.71. The van der Waals surface area contributed by atoms with Crippen LogP contribution in [0.3, 0.4) is 0 Å². The van der Waals surface area contributed by atoms with Gasteiger partial charge >= 0.3 is 0 Å². The van der Waals surface area contributed by atoms with Crippen LogP contribution in [0.15, 0.2) is 18.2 Å². The molecule has 1 aromatic carbocycles. The summed E-state index contributed by atoms with van der Waals surface area (Å²) >= 11 is 5.35. The second-order valence-corrected chi connectivity index (χ2v) is 5.24. The van der Waals surface area contributed by atoms with Crippen LogP contribution in [0.5, 0.6) is 0 Å². The van der Waals surface area contributed by atoms with E-state index in [1.165, 1.54) is 0 Å². The smallest absolute Gasteiger partial charge is 0.245 e. The average molecular weight is 277 g/mol. The third-order valence-electron chi connectivity index (χ3n) is 3.47. The van der Waals surface area contributed by atoms with Crippen molar-refractivity contribution in [3.8, 4) is 0 Å². The molecule has 1 aromatic heterocycles. The minimum Gasteiger partial charge on any atom is -0.344 e. The minimum atomic E-state index is -0.298. The molecule has 4 nitrogen and oxygen atoms in total. The Kier molecular flexibility index (Phi) is 3.75. The van der Waals surface area contributed by atoms with E-state index in [2.05, 4.69) is 11.1 Å². The van der Waals surface area contributed by atoms with E-state index in [4.69, 9.17) is 12.2 Å². The number of rotatable bonds is 3. The first-order chi connectivity index (χ1) is 8.95. The lowest BCUT2D eigenvalue weighted by Crippen LogP contribution is -2.32. The number of benzene rings is 1. The van der Waals surface area contributed by atoms with Crippen LogP contribution in [0.4, 0.5) is 0 Å². The van der Waals surface area contributed by atoms with Crippen molar-refractivity contribution in [3.63, 3.8) is 0 Å². The van der Waals surface area contributed by atoms with Crippen LogP contribution in [0.25, 0.3) is 11.0 Å². The van der Waals surface area contributed by atoms with Crippen molar-refractivity contribution in [1.29, 1.82) is 0 Å². The highest BCUT2D eigenvalue weighted by molar-refractivity contribution is 7.71. The van der Waals surface area contributed by atoms with E-state index in [9.17, 15) is 4.79 Å². The summed E-state index contributed by atoms with van der Waals surface area (Å²) in [6, 6.07) is 5.78. The van der Waals surface area contributed by atoms with Crippen LogP contribution in [0, 0.1) is 11.7 Å². The summed E-state index contributed by atoms with van der Waals surface area (Å²) < 4.78 is 2.48. The van der Waals surface area contributed by atoms with Gasteiger partial charge in [0.15, 0.2) is 4.77 Å². The lowest BCUT2D eigenvalue weighted by Gasteiger charge is -2.21. The number of aromatic nitrogens is 2. The molecule has 1 N–H and O–H groups in total. The number of imidazole rings is 1. The van der Waals surface area contributed by atoms with Crippen molar-refractivity contribution in [1.82, 2.24) is 14.5 Å². The van der Waals surface area contributed by atoms with Gasteiger partial charge in [-0.25, -0.2) is 0 Å². The molecule has 0 aliphatic rings. The largest absolute Gasteiger partial charge is 0.344 e. The molecule has 1 unspecified atom stereocenters. The Labute approximate surface area is 118 Å². The van der Waals surface area contributed by atoms with Gasteiger partial charge in [-0.1, -0.05) is 6.07 Å². The minimum absolute atomic E-state index is 0.0704. The second kappa shape index (κ2) is 5.17. The Morgan fingerprint density at radius 3 is 2.84 bits per heavy atom. The molecule has 1 atom stereocenters. The van der Waals surface area contributed by atoms with Crippen LogP contribution in [-0.4, -0.2) is 34.0 Å². The van der Waals surface area contributed by atoms with Gasteiger partial charge in [0.05, 0.1) is 11.0 Å². The number of carbonyl (C=O) groups excluding carboxylic acids is 1. The van der Waals surface area contributed by atoms with E-state index in [0.717, 1.165) is 16.6 Å². The molecule has 1 amide bonds. The van der Waals surface area contributed by atoms with Crippen molar-refractivity contribution in [2.45, 2.75) is 26.8 Å². The normalized spacial score (nSPS) is 12.6. The van der Waals surface area contributed by atoms with E-state index < -0.39 is 0 Å². The quantitative estimate of drug-likeness (QED) is 0.876. The number of hydrogen-bond donors (Lipinski definition) is 1. The van der Waals surface area contributed by atoms with Gasteiger partial charge < -0.3 is 14.5 Å². The topological polar surface area (TPSA) is 41.0 Å². The van der Waals surface area contributed by atoms with Crippen LogP contribution >= 0.6 is 12.2 Å². The number of H-pyrrole nitrogens is 1. The predicted molar refractivity (Wildman–Crippen MR) is 79.9 cm³/mol. The molecular weight excluding hydrogens is 258 g/mol. The van der Waals surface area contributed by atoms with Crippen molar-refractivity contribution in [3.05, 3.63) is 28.5 Å². The molecule has 0 aliphatic heterocycles. The summed E-state index contributed by atoms with van der Waals surface area (Å²) in [6.07, 6.45) is 0. The standard InChI is InChI=1S/C14H19N3OS/c1-5-16(4)13(18)10(3)17-12-8-9(2)6-7-11(12)15-14(17)19/h6-8,10H,5H2,1-4H3,(H,15,19). The lowest BCUT2D eigenvalue weighted by molar-refractivity contribution is -0.132. The lowest BCUT2D eigenvalue weighted by atomic mass is 10.2. The Hall–Kier alpha value is -1.62. The summed E-state index contributed by atoms with van der Waals surface area (Å²) in [4.78, 5) is 17.2. The van der Waals surface area contributed by atoms with Crippen LogP contribution in [0.2, 0.25) is 0 Å². The maximum Gasteiger partial charge on any atom is 0.245 e. The Morgan fingerprint density at radius 2 is 2.21 bits per heavy atom. The third-order valence-corrected chi connectivity index (χ3v) is 3.77. The maximum absolute atomic E-state index is 12.3. The Morgan fingerprint density at radius 1 is 1.53 bits per heavy atom. The monoisotopic (exact) mass is 277 g/mol. The predicted octanol–water partition coefficient (Wildman–Crippen LogP) is 3.05. The van der Waals surface area contributed by atoms with Crippen LogP contribution in [-0.2, 0) is 4.79 Å². The van der Waals surface area contributed by atoms with Crippen LogP contribution < -0.4 is 0 Å². The highest BCUT2D eigenvalue weighted by Crippen LogP contribution is 2.21. The zero-order chi connectivity index (χ0) is 14.2. The number of aromatic amines is 1. The zero-order valence-electron chi connectivity index (χ0n) is 11.7. The summed E-state index contributed by atoms with van der Waals surface area (Å²) in [5.74, 6) is 0.0704. The van der Waals surface area contributed by atoms with E-state index in [0.29, 0.717) is 11.3 Å². The molecule has 0 bridgehead atoms. The molecule has 0 fully saturated rings. The number of likely N-dealkylation sites (N-methyl/N-ethyl adjacent to an activating group) is 1. The SMILES string of the molecule is CCN(C)C(=O)C(C)n1c(=S)[nH]c2ccc(C)cc21. The fourth-order valence-corrected chi connectivity index (χ4v) is 2.57. The van der Waals surface area contributed by atoms with Gasteiger partial charge in [-0.2, -0.15) is 0 Å². The van der Waals surface area contributed by atoms with Gasteiger partial charge in [-0.05, 0) is 50.7 Å². The van der Waals surface area contributed by atoms with E-state index in [1.807, 2.05) is 44.5 Å². The first-order valence-electron chi connectivity index (χ1n) is 6.41. The second-order valence-electron chi connectivity index (χ2n) is 4.85. The first-order valence-corrected chi connectivity index (χ1v) is 6.82. The molecular formula is C14H19N3OS. The van der Waals surface area contributed by atoms with Crippen molar-refractivity contribution < 1.29 is 4.79 Å². The highest BCUT2D eigenvalue weighted by atomic mass is 32.1. The van der Waals surface area contributed by atoms with Gasteiger partial charge in [0.25, 0.3) is 0 Å². The van der Waals surface area contributed by atoms with E-state index >= 15 is 0 Å². The Balaban J connectivity index is 2.55. The molecule has 2 aromatic rings. The molecule has 19 heavy (non-hydrogen) atoms. The van der Waals surface area contributed by atoms with Gasteiger partial charge in [0.2, 0.25) is 5.91 Å². The molecule has 0 saturated carbocycles. The number of aryl methyl sites for hydroxylation is 1. The van der Waals surface area contributed by atoms with E-state index in [1.54, 1.807) is 4.90 Å². The van der Waals surface area contributed by atoms with Gasteiger partial charge in [0, 0.05) is 13.6 Å². The van der Waals surface area contributed by atoms with Crippen molar-refractivity contribution in [2.75, 3.05) is 13.6 Å². The number of nitrogens with one attached hydrogen (secondary N) is 1. The van der Waals surface area contributed by atoms with Gasteiger partial charge in [0.1, 0.15) is 6.04 Å². The zero-order valence-corrected chi connectivity index (χ0v) is 12.5. The van der Waals surface area contributed by atoms with Crippen LogP contribution in [0.1, 0.15) is 25.5 Å². The summed E-state index contributed by atoms with van der Waals surface area (Å²) in [6.45, 7) is 6.57. The number of hydrogen-bond acceptors (Lipinski definition) is 2. The number of amides is 1. The molecule has 1 heterocycles. The fraction of sp³-hybridized carbons (Fsp3) is 0.429. The molecule has 102 valence electrons. The summed E-state index contributed by atoms with van der Waals surface area (Å²) in [5.41, 5.74) is 3.10. The number of fused-ring (bicyclic) bond motifs is 1. The van der Waals surface area contributed by atoms with Crippen molar-refractivity contribution in [2.24, 2.45) is 0 Å². The maximum atomic E-state index is 12.3. The summed E-state index contributed by atoms with van der Waals surface area (Å²) in [5, 5.41) is 0. The molecule has 2 rings (SSSR count). The molecule has 0 saturated heterocycles. The Bertz CT molecular complexity index is 671. The highest BCUT2D eigenvalue weighted by Gasteiger charge is 2.20. The van der Waals surface area contributed by atoms with Crippen molar-refractivity contribution >= 4 is 29.2 Å². The molecule has 0 aliphatic carbocycles. The molecule has 5 heteroatoms. The van der Waals surface area contributed by atoms with Gasteiger partial charge in [-0.3, -0.25) is 4.79 Å². The first kappa shape index (κ1) is 13.8.